The summed E-state index contributed by atoms with van der Waals surface area (Å²) in [4.78, 5) is 4.46. The summed E-state index contributed by atoms with van der Waals surface area (Å²) in [6.45, 7) is 0. The summed E-state index contributed by atoms with van der Waals surface area (Å²) in [7, 11) is 7.12. The minimum atomic E-state index is -1.39. The van der Waals surface area contributed by atoms with Gasteiger partial charge in [0, 0.05) is 17.3 Å². The number of aromatic nitrogens is 4. The first-order valence-electron chi connectivity index (χ1n) is 13.6. The van der Waals surface area contributed by atoms with Crippen LogP contribution in [0.4, 0.5) is 11.4 Å². The van der Waals surface area contributed by atoms with E-state index in [4.69, 9.17) is 19.4 Å². The fourth-order valence-electron chi connectivity index (χ4n) is 5.10. The molecule has 2 aromatic heterocycles. The molecule has 1 aliphatic carbocycles. The van der Waals surface area contributed by atoms with Gasteiger partial charge < -0.3 is 10.6 Å². The predicted octanol–water partition coefficient (Wildman–Crippen LogP) is 6.11. The molecule has 5 aromatic rings. The molecule has 0 saturated heterocycles. The molecule has 1 saturated carbocycles. The summed E-state index contributed by atoms with van der Waals surface area (Å²) in [5, 5.41) is 45.6. The molecule has 1 aliphatic rings. The van der Waals surface area contributed by atoms with Crippen LogP contribution in [0.15, 0.2) is 79.1 Å². The van der Waals surface area contributed by atoms with Gasteiger partial charge in [-0.25, -0.2) is 4.68 Å². The Hall–Kier alpha value is -5.37. The third-order valence-electron chi connectivity index (χ3n) is 7.49. The second kappa shape index (κ2) is 11.5. The average molecular weight is 580 g/mol. The lowest BCUT2D eigenvalue weighted by molar-refractivity contribution is 0.610. The molecule has 2 unspecified atom stereocenters. The summed E-state index contributed by atoms with van der Waals surface area (Å²) in [5.74, 6) is 0. The van der Waals surface area contributed by atoms with Gasteiger partial charge in [-0.05, 0) is 48.2 Å². The highest BCUT2D eigenvalue weighted by atomic mass is 35.5. The number of nitrogens with zero attached hydrogens (tertiary/aromatic N) is 7. The van der Waals surface area contributed by atoms with Crippen LogP contribution >= 0.6 is 11.6 Å². The van der Waals surface area contributed by atoms with Gasteiger partial charge in [-0.2, -0.15) is 15.8 Å². The Morgan fingerprint density at radius 3 is 2.58 bits per heavy atom. The number of nitriles is 3. The van der Waals surface area contributed by atoms with E-state index in [1.165, 1.54) is 6.20 Å². The average Bonchev–Trinajstić information content (AvgIpc) is 3.76. The largest absolute Gasteiger partial charge is 0.378 e. The van der Waals surface area contributed by atoms with Crippen molar-refractivity contribution in [2.45, 2.75) is 36.8 Å². The summed E-state index contributed by atoms with van der Waals surface area (Å²) in [6.07, 6.45) is 5.51. The van der Waals surface area contributed by atoms with E-state index < -0.39 is 5.44 Å². The summed E-state index contributed by atoms with van der Waals surface area (Å²) >= 11 is 6.79. The van der Waals surface area contributed by atoms with E-state index >= 15 is 0 Å². The SMILES string of the molecule is [B]C(Nc1cc(Cl)c2ncc(C#N)c(NC(CC#N)c3ccccc3)c2c1)(c1cccc(C#N)c1)c1cn(C2CC2)nn1. The molecule has 2 heterocycles. The van der Waals surface area contributed by atoms with Crippen LogP contribution in [0.5, 0.6) is 0 Å². The van der Waals surface area contributed by atoms with Crippen molar-refractivity contribution in [2.24, 2.45) is 0 Å². The minimum absolute atomic E-state index is 0.169. The first kappa shape index (κ1) is 27.8. The Morgan fingerprint density at radius 1 is 1.05 bits per heavy atom. The first-order valence-corrected chi connectivity index (χ1v) is 14.0. The summed E-state index contributed by atoms with van der Waals surface area (Å²) in [5.41, 5.74) is 2.82. The molecule has 0 amide bonds. The smallest absolute Gasteiger partial charge is 0.119 e. The molecule has 2 N–H and O–H groups in total. The molecule has 43 heavy (non-hydrogen) atoms. The third kappa shape index (κ3) is 5.47. The normalized spacial score (nSPS) is 14.6. The van der Waals surface area contributed by atoms with Crippen LogP contribution < -0.4 is 10.6 Å². The molecule has 0 spiro atoms. The topological polar surface area (TPSA) is 139 Å². The van der Waals surface area contributed by atoms with Crippen molar-refractivity contribution in [1.29, 1.82) is 15.8 Å². The van der Waals surface area contributed by atoms with Gasteiger partial charge in [0.1, 0.15) is 19.6 Å². The van der Waals surface area contributed by atoms with Gasteiger partial charge in [-0.15, -0.1) is 5.10 Å². The fourth-order valence-corrected chi connectivity index (χ4v) is 5.36. The maximum atomic E-state index is 10.0. The number of hydrogen-bond donors (Lipinski definition) is 2. The van der Waals surface area contributed by atoms with E-state index in [1.807, 2.05) is 53.3 Å². The van der Waals surface area contributed by atoms with Gasteiger partial charge in [-0.1, -0.05) is 59.3 Å². The van der Waals surface area contributed by atoms with Crippen molar-refractivity contribution in [2.75, 3.05) is 10.6 Å². The quantitative estimate of drug-likeness (QED) is 0.200. The van der Waals surface area contributed by atoms with Crippen LogP contribution in [0.1, 0.15) is 59.3 Å². The zero-order chi connectivity index (χ0) is 30.0. The number of rotatable bonds is 9. The minimum Gasteiger partial charge on any atom is -0.378 e. The van der Waals surface area contributed by atoms with Crippen molar-refractivity contribution < 1.29 is 0 Å². The maximum Gasteiger partial charge on any atom is 0.119 e. The Kier molecular flexibility index (Phi) is 7.42. The van der Waals surface area contributed by atoms with Crippen LogP contribution in [0.25, 0.3) is 10.9 Å². The van der Waals surface area contributed by atoms with Gasteiger partial charge in [-0.3, -0.25) is 4.98 Å². The Morgan fingerprint density at radius 2 is 1.86 bits per heavy atom. The molecule has 6 rings (SSSR count). The molecule has 0 bridgehead atoms. The highest BCUT2D eigenvalue weighted by molar-refractivity contribution is 6.36. The zero-order valence-electron chi connectivity index (χ0n) is 22.9. The number of halogens is 1. The predicted molar refractivity (Wildman–Crippen MR) is 164 cm³/mol. The van der Waals surface area contributed by atoms with Gasteiger partial charge in [0.05, 0.1) is 69.6 Å². The van der Waals surface area contributed by atoms with Crippen molar-refractivity contribution >= 4 is 41.7 Å². The molecular weight excluding hydrogens is 557 g/mol. The van der Waals surface area contributed by atoms with Crippen LogP contribution in [-0.4, -0.2) is 27.8 Å². The number of benzene rings is 3. The molecule has 3 aromatic carbocycles. The Labute approximate surface area is 254 Å². The second-order valence-electron chi connectivity index (χ2n) is 10.4. The first-order chi connectivity index (χ1) is 20.9. The van der Waals surface area contributed by atoms with E-state index in [0.29, 0.717) is 55.7 Å². The standard InChI is InChI=1S/C32H23BClN9/c33-32(23-8-4-5-20(13-23)16-36,29-19-43(42-41-29)25-9-10-25)40-24-14-26-30(22(17-37)18-38-31(26)27(34)15-24)39-28(11-12-35)21-6-2-1-3-7-21/h1-8,13-15,18-19,25,28,40H,9-11H2,(H,38,39). The second-order valence-corrected chi connectivity index (χ2v) is 10.8. The summed E-state index contributed by atoms with van der Waals surface area (Å²) in [6, 6.07) is 26.6. The lowest BCUT2D eigenvalue weighted by Gasteiger charge is -2.32. The highest BCUT2D eigenvalue weighted by Gasteiger charge is 2.34. The monoisotopic (exact) mass is 579 g/mol. The molecule has 2 radical (unpaired) electrons. The number of anilines is 2. The molecule has 1 fully saturated rings. The fraction of sp³-hybridized carbons (Fsp3) is 0.188. The van der Waals surface area contributed by atoms with Crippen molar-refractivity contribution in [1.82, 2.24) is 20.0 Å². The van der Waals surface area contributed by atoms with E-state index in [0.717, 1.165) is 18.4 Å². The Bertz CT molecular complexity index is 1950. The van der Waals surface area contributed by atoms with Gasteiger partial charge in [0.25, 0.3) is 0 Å². The molecule has 11 heteroatoms. The number of fused-ring (bicyclic) bond motifs is 1. The highest BCUT2D eigenvalue weighted by Crippen LogP contribution is 2.39. The molecular formula is C32H23BClN9. The van der Waals surface area contributed by atoms with Gasteiger partial charge >= 0.3 is 0 Å². The van der Waals surface area contributed by atoms with Crippen LogP contribution in [-0.2, 0) is 5.44 Å². The zero-order valence-corrected chi connectivity index (χ0v) is 23.6. The van der Waals surface area contributed by atoms with Crippen LogP contribution in [0.2, 0.25) is 5.02 Å². The van der Waals surface area contributed by atoms with E-state index in [2.05, 4.69) is 44.1 Å². The summed E-state index contributed by atoms with van der Waals surface area (Å²) < 4.78 is 1.81. The molecule has 9 nitrogen and oxygen atoms in total. The van der Waals surface area contributed by atoms with E-state index in [9.17, 15) is 15.8 Å². The maximum absolute atomic E-state index is 10.0. The molecule has 206 valence electrons. The van der Waals surface area contributed by atoms with E-state index in [-0.39, 0.29) is 12.5 Å². The van der Waals surface area contributed by atoms with Crippen LogP contribution in [0.3, 0.4) is 0 Å². The van der Waals surface area contributed by atoms with Crippen LogP contribution in [0, 0.1) is 34.0 Å². The lowest BCUT2D eigenvalue weighted by Crippen LogP contribution is -2.38. The van der Waals surface area contributed by atoms with Gasteiger partial charge in [0.15, 0.2) is 0 Å². The number of hydrogen-bond acceptors (Lipinski definition) is 8. The van der Waals surface area contributed by atoms with Crippen molar-refractivity contribution in [3.05, 3.63) is 112 Å². The van der Waals surface area contributed by atoms with Crippen molar-refractivity contribution in [3.63, 3.8) is 0 Å². The van der Waals surface area contributed by atoms with Crippen molar-refractivity contribution in [3.8, 4) is 18.2 Å². The number of nitrogens with one attached hydrogen (secondary N) is 2. The molecule has 2 atom stereocenters. The molecule has 0 aliphatic heterocycles. The van der Waals surface area contributed by atoms with E-state index in [1.54, 1.807) is 24.3 Å². The number of pyridine rings is 1. The Balaban J connectivity index is 1.48. The lowest BCUT2D eigenvalue weighted by atomic mass is 9.69. The third-order valence-corrected chi connectivity index (χ3v) is 7.77. The van der Waals surface area contributed by atoms with Gasteiger partial charge in [0.2, 0.25) is 0 Å².